The Hall–Kier alpha value is -4.13. The number of hydrogen-bond acceptors (Lipinski definition) is 5. The molecule has 1 heterocycles. The highest BCUT2D eigenvalue weighted by atomic mass is 16.5. The van der Waals surface area contributed by atoms with Crippen LogP contribution >= 0.6 is 0 Å². The van der Waals surface area contributed by atoms with Crippen molar-refractivity contribution < 1.29 is 29.0 Å². The average molecular weight is 612 g/mol. The van der Waals surface area contributed by atoms with Gasteiger partial charge in [-0.25, -0.2) is 0 Å². The van der Waals surface area contributed by atoms with E-state index in [1.165, 1.54) is 12.8 Å². The molecule has 1 unspecified atom stereocenters. The minimum absolute atomic E-state index is 0.0689. The first-order valence-electron chi connectivity index (χ1n) is 16.3. The van der Waals surface area contributed by atoms with Gasteiger partial charge in [-0.1, -0.05) is 95.0 Å². The Morgan fingerprint density at radius 1 is 0.933 bits per heavy atom. The molecule has 0 radical (unpaired) electrons. The molecule has 2 N–H and O–H groups in total. The van der Waals surface area contributed by atoms with Crippen LogP contribution in [0.4, 0.5) is 5.69 Å². The number of carbonyl (C=O) groups is 3. The topological polar surface area (TPSA) is 102 Å². The van der Waals surface area contributed by atoms with E-state index in [0.717, 1.165) is 58.7 Å². The molecular weight excluding hydrogens is 566 g/mol. The number of fused-ring (bicyclic) bond motifs is 2. The lowest BCUT2D eigenvalue weighted by molar-refractivity contribution is -0.153. The number of benzene rings is 3. The van der Waals surface area contributed by atoms with Crippen LogP contribution in [0.15, 0.2) is 66.7 Å². The van der Waals surface area contributed by atoms with Gasteiger partial charge in [0.05, 0.1) is 12.8 Å². The summed E-state index contributed by atoms with van der Waals surface area (Å²) in [6.07, 6.45) is 6.49. The smallest absolute Gasteiger partial charge is 0.306 e. The summed E-state index contributed by atoms with van der Waals surface area (Å²) in [5, 5.41) is 12.2. The van der Waals surface area contributed by atoms with Gasteiger partial charge in [0.2, 0.25) is 5.91 Å². The van der Waals surface area contributed by atoms with Gasteiger partial charge in [-0.15, -0.1) is 0 Å². The zero-order chi connectivity index (χ0) is 32.0. The van der Waals surface area contributed by atoms with E-state index in [2.05, 4.69) is 44.3 Å². The van der Waals surface area contributed by atoms with Crippen LogP contribution in [0.25, 0.3) is 0 Å². The van der Waals surface area contributed by atoms with E-state index in [9.17, 15) is 14.4 Å². The number of para-hydroxylation sites is 2. The number of carbonyl (C=O) groups excluding carboxylic acids is 2. The molecular formula is C38H45NO6. The van der Waals surface area contributed by atoms with Crippen LogP contribution in [-0.2, 0) is 31.0 Å². The molecule has 1 saturated carbocycles. The van der Waals surface area contributed by atoms with Gasteiger partial charge >= 0.3 is 11.9 Å². The molecule has 1 aliphatic carbocycles. The lowest BCUT2D eigenvalue weighted by atomic mass is 9.84. The Balaban J connectivity index is 1.31. The molecule has 2 aliphatic rings. The fraction of sp³-hybridized carbons (Fsp3) is 0.447. The van der Waals surface area contributed by atoms with Gasteiger partial charge in [0, 0.05) is 29.2 Å². The van der Waals surface area contributed by atoms with Crippen molar-refractivity contribution in [2.75, 3.05) is 5.32 Å². The minimum atomic E-state index is -1.00. The standard InChI is InChI=1S/C38H45NO6/c1-38(2,3)31-19-17-26(16-18-27(22-25-10-4-5-11-25)44-37(43)21-20-36(41)42)23-32(31)39-35(40)24-30-28-12-6-8-14-33(28)45-34-15-9-7-13-29(30)34/h6-9,12-15,17,19,23,25,27,30H,4-5,10-11,16,18,20-22,24H2,1-3H3,(H,39,40)(H,41,42). The SMILES string of the molecule is CC(C)(C)c1ccc(CCC(CC2CCCC2)OC(=O)CCC(=O)O)cc1NC(=O)CC1c2ccccc2Oc2ccccc21. The van der Waals surface area contributed by atoms with Gasteiger partial charge in [-0.2, -0.15) is 0 Å². The molecule has 7 nitrogen and oxygen atoms in total. The Labute approximate surface area is 266 Å². The second kappa shape index (κ2) is 14.3. The first kappa shape index (κ1) is 32.3. The summed E-state index contributed by atoms with van der Waals surface area (Å²) in [4.78, 5) is 37.1. The van der Waals surface area contributed by atoms with E-state index in [1.54, 1.807) is 0 Å². The van der Waals surface area contributed by atoms with Crippen LogP contribution in [0.5, 0.6) is 11.5 Å². The predicted molar refractivity (Wildman–Crippen MR) is 175 cm³/mol. The Morgan fingerprint density at radius 2 is 1.58 bits per heavy atom. The number of amides is 1. The van der Waals surface area contributed by atoms with E-state index >= 15 is 0 Å². The third kappa shape index (κ3) is 8.53. The quantitative estimate of drug-likeness (QED) is 0.199. The monoisotopic (exact) mass is 611 g/mol. The Bertz CT molecular complexity index is 1470. The number of rotatable bonds is 12. The number of aryl methyl sites for hydroxylation is 1. The normalized spacial score (nSPS) is 15.4. The molecule has 0 saturated heterocycles. The third-order valence-electron chi connectivity index (χ3n) is 9.03. The molecule has 7 heteroatoms. The van der Waals surface area contributed by atoms with Crippen molar-refractivity contribution in [3.63, 3.8) is 0 Å². The first-order chi connectivity index (χ1) is 21.6. The number of esters is 1. The highest BCUT2D eigenvalue weighted by Gasteiger charge is 2.30. The highest BCUT2D eigenvalue weighted by molar-refractivity contribution is 5.93. The van der Waals surface area contributed by atoms with Gasteiger partial charge in [0.25, 0.3) is 0 Å². The summed E-state index contributed by atoms with van der Waals surface area (Å²) in [6.45, 7) is 6.41. The lowest BCUT2D eigenvalue weighted by Gasteiger charge is -2.28. The van der Waals surface area contributed by atoms with Crippen LogP contribution < -0.4 is 10.1 Å². The second-order valence-electron chi connectivity index (χ2n) is 13.5. The van der Waals surface area contributed by atoms with Crippen molar-refractivity contribution in [1.29, 1.82) is 0 Å². The summed E-state index contributed by atoms with van der Waals surface area (Å²) in [7, 11) is 0. The highest BCUT2D eigenvalue weighted by Crippen LogP contribution is 2.45. The molecule has 1 fully saturated rings. The lowest BCUT2D eigenvalue weighted by Crippen LogP contribution is -2.23. The maximum absolute atomic E-state index is 13.7. The van der Waals surface area contributed by atoms with Gasteiger partial charge in [0.15, 0.2) is 0 Å². The molecule has 1 aliphatic heterocycles. The molecule has 1 atom stereocenters. The fourth-order valence-corrected chi connectivity index (χ4v) is 6.74. The number of ether oxygens (including phenoxy) is 2. The average Bonchev–Trinajstić information content (AvgIpc) is 3.51. The third-order valence-corrected chi connectivity index (χ3v) is 9.03. The van der Waals surface area contributed by atoms with Crippen molar-refractivity contribution in [1.82, 2.24) is 0 Å². The van der Waals surface area contributed by atoms with E-state index in [-0.39, 0.29) is 42.6 Å². The number of aliphatic carboxylic acids is 1. The number of anilines is 1. The van der Waals surface area contributed by atoms with Crippen molar-refractivity contribution in [3.8, 4) is 11.5 Å². The second-order valence-corrected chi connectivity index (χ2v) is 13.5. The van der Waals surface area contributed by atoms with Crippen molar-refractivity contribution >= 4 is 23.5 Å². The molecule has 0 aromatic heterocycles. The summed E-state index contributed by atoms with van der Waals surface area (Å²) in [5.74, 6) is 0.441. The molecule has 45 heavy (non-hydrogen) atoms. The van der Waals surface area contributed by atoms with Gasteiger partial charge in [-0.3, -0.25) is 14.4 Å². The Morgan fingerprint density at radius 3 is 2.20 bits per heavy atom. The number of carboxylic acids is 1. The molecule has 1 amide bonds. The maximum Gasteiger partial charge on any atom is 0.306 e. The van der Waals surface area contributed by atoms with Crippen LogP contribution in [0.1, 0.15) is 107 Å². The van der Waals surface area contributed by atoms with Gasteiger partial charge in [0.1, 0.15) is 17.6 Å². The van der Waals surface area contributed by atoms with Crippen molar-refractivity contribution in [2.24, 2.45) is 5.92 Å². The zero-order valence-corrected chi connectivity index (χ0v) is 26.6. The van der Waals surface area contributed by atoms with Crippen LogP contribution in [0.2, 0.25) is 0 Å². The maximum atomic E-state index is 13.7. The number of carboxylic acid groups (broad SMARTS) is 1. The number of hydrogen-bond donors (Lipinski definition) is 2. The van der Waals surface area contributed by atoms with Crippen LogP contribution in [0.3, 0.4) is 0 Å². The molecule has 0 spiro atoms. The molecule has 3 aromatic carbocycles. The summed E-state index contributed by atoms with van der Waals surface area (Å²) in [5.41, 5.74) is 4.71. The van der Waals surface area contributed by atoms with Gasteiger partial charge < -0.3 is 19.9 Å². The largest absolute Gasteiger partial charge is 0.481 e. The fourth-order valence-electron chi connectivity index (χ4n) is 6.74. The van der Waals surface area contributed by atoms with Gasteiger partial charge in [-0.05, 0) is 59.9 Å². The number of nitrogens with one attached hydrogen (secondary N) is 1. The summed E-state index contributed by atoms with van der Waals surface area (Å²) >= 11 is 0. The van der Waals surface area contributed by atoms with Crippen molar-refractivity contribution in [2.45, 2.75) is 102 Å². The summed E-state index contributed by atoms with van der Waals surface area (Å²) < 4.78 is 12.0. The molecule has 0 bridgehead atoms. The van der Waals surface area contributed by atoms with Crippen LogP contribution in [0, 0.1) is 5.92 Å². The zero-order valence-electron chi connectivity index (χ0n) is 26.6. The minimum Gasteiger partial charge on any atom is -0.481 e. The molecule has 3 aromatic rings. The van der Waals surface area contributed by atoms with E-state index in [4.69, 9.17) is 14.6 Å². The first-order valence-corrected chi connectivity index (χ1v) is 16.3. The van der Waals surface area contributed by atoms with E-state index in [0.29, 0.717) is 18.8 Å². The molecule has 238 valence electrons. The van der Waals surface area contributed by atoms with E-state index in [1.807, 2.05) is 48.5 Å². The van der Waals surface area contributed by atoms with E-state index < -0.39 is 11.9 Å². The Kier molecular flexibility index (Phi) is 10.3. The van der Waals surface area contributed by atoms with Crippen molar-refractivity contribution in [3.05, 3.63) is 89.0 Å². The predicted octanol–water partition coefficient (Wildman–Crippen LogP) is 8.54. The van der Waals surface area contributed by atoms with Crippen LogP contribution in [-0.4, -0.2) is 29.1 Å². The summed E-state index contributed by atoms with van der Waals surface area (Å²) in [6, 6.07) is 22.0. The molecule has 5 rings (SSSR count).